The molecule has 1 amide bonds. The van der Waals surface area contributed by atoms with Crippen LogP contribution in [0, 0.1) is 5.92 Å². The highest BCUT2D eigenvalue weighted by atomic mass is 32.1. The van der Waals surface area contributed by atoms with Crippen LogP contribution in [0.3, 0.4) is 0 Å². The van der Waals surface area contributed by atoms with Gasteiger partial charge in [0.2, 0.25) is 5.91 Å². The molecule has 1 unspecified atom stereocenters. The van der Waals surface area contributed by atoms with E-state index in [-0.39, 0.29) is 5.91 Å². The van der Waals surface area contributed by atoms with Crippen molar-refractivity contribution in [2.75, 3.05) is 6.54 Å². The van der Waals surface area contributed by atoms with Crippen LogP contribution in [0.5, 0.6) is 0 Å². The van der Waals surface area contributed by atoms with Crippen LogP contribution in [0.15, 0.2) is 17.5 Å². The molecule has 1 aromatic heterocycles. The minimum atomic E-state index is -0.450. The minimum Gasteiger partial charge on any atom is -0.388 e. The molecule has 112 valence electrons. The minimum absolute atomic E-state index is 0.133. The summed E-state index contributed by atoms with van der Waals surface area (Å²) in [4.78, 5) is 12.7. The van der Waals surface area contributed by atoms with Crippen molar-refractivity contribution in [1.29, 1.82) is 0 Å². The molecule has 2 N–H and O–H groups in total. The molecule has 2 rings (SSSR count). The smallest absolute Gasteiger partial charge is 0.220 e. The number of hydrogen-bond donors (Lipinski definition) is 2. The number of nitrogens with one attached hydrogen (secondary N) is 1. The number of amides is 1. The number of thiophene rings is 1. The molecular formula is C16H25NO2S. The Labute approximate surface area is 125 Å². The van der Waals surface area contributed by atoms with Crippen molar-refractivity contribution < 1.29 is 9.90 Å². The summed E-state index contributed by atoms with van der Waals surface area (Å²) in [5.74, 6) is 0.889. The van der Waals surface area contributed by atoms with Crippen molar-refractivity contribution in [1.82, 2.24) is 5.32 Å². The number of aliphatic hydroxyl groups is 1. The zero-order valence-corrected chi connectivity index (χ0v) is 12.8. The summed E-state index contributed by atoms with van der Waals surface area (Å²) in [7, 11) is 0. The molecule has 3 nitrogen and oxygen atoms in total. The monoisotopic (exact) mass is 295 g/mol. The molecule has 1 aliphatic carbocycles. The lowest BCUT2D eigenvalue weighted by Gasteiger charge is -2.21. The Morgan fingerprint density at radius 2 is 2.20 bits per heavy atom. The summed E-state index contributed by atoms with van der Waals surface area (Å²) >= 11 is 1.56. The van der Waals surface area contributed by atoms with E-state index < -0.39 is 6.10 Å². The number of carbonyl (C=O) groups excluding carboxylic acids is 1. The summed E-state index contributed by atoms with van der Waals surface area (Å²) in [5, 5.41) is 14.8. The number of carbonyl (C=O) groups is 1. The van der Waals surface area contributed by atoms with Gasteiger partial charge in [0.1, 0.15) is 0 Å². The average molecular weight is 295 g/mol. The molecule has 0 aliphatic heterocycles. The Hall–Kier alpha value is -0.870. The van der Waals surface area contributed by atoms with Gasteiger partial charge < -0.3 is 10.4 Å². The van der Waals surface area contributed by atoms with E-state index >= 15 is 0 Å². The van der Waals surface area contributed by atoms with E-state index in [1.807, 2.05) is 17.5 Å². The van der Waals surface area contributed by atoms with Crippen molar-refractivity contribution in [3.63, 3.8) is 0 Å². The van der Waals surface area contributed by atoms with Crippen LogP contribution < -0.4 is 5.32 Å². The highest BCUT2D eigenvalue weighted by Gasteiger charge is 2.15. The molecule has 0 radical (unpaired) electrons. The summed E-state index contributed by atoms with van der Waals surface area (Å²) in [6.45, 7) is 0.558. The summed E-state index contributed by atoms with van der Waals surface area (Å²) in [6, 6.07) is 3.87. The first-order valence-electron chi connectivity index (χ1n) is 7.74. The van der Waals surface area contributed by atoms with Gasteiger partial charge in [0.15, 0.2) is 0 Å². The highest BCUT2D eigenvalue weighted by molar-refractivity contribution is 7.10. The fourth-order valence-corrected chi connectivity index (χ4v) is 3.62. The van der Waals surface area contributed by atoms with E-state index in [0.29, 0.717) is 19.4 Å². The quantitative estimate of drug-likeness (QED) is 0.806. The van der Waals surface area contributed by atoms with Crippen molar-refractivity contribution in [2.45, 2.75) is 57.5 Å². The van der Waals surface area contributed by atoms with E-state index in [1.54, 1.807) is 11.3 Å². The first-order chi connectivity index (χ1) is 9.75. The fraction of sp³-hybridized carbons (Fsp3) is 0.688. The second kappa shape index (κ2) is 8.42. The Balaban J connectivity index is 1.55. The topological polar surface area (TPSA) is 49.3 Å². The van der Waals surface area contributed by atoms with Gasteiger partial charge in [-0.3, -0.25) is 4.79 Å². The van der Waals surface area contributed by atoms with Gasteiger partial charge in [-0.1, -0.05) is 38.2 Å². The van der Waals surface area contributed by atoms with E-state index in [4.69, 9.17) is 0 Å². The third-order valence-electron chi connectivity index (χ3n) is 4.12. The van der Waals surface area contributed by atoms with Crippen molar-refractivity contribution in [2.24, 2.45) is 5.92 Å². The normalized spacial score (nSPS) is 17.9. The summed E-state index contributed by atoms with van der Waals surface area (Å²) in [6.07, 6.45) is 8.43. The fourth-order valence-electron chi connectivity index (χ4n) is 2.87. The van der Waals surface area contributed by atoms with Gasteiger partial charge in [0, 0.05) is 17.8 Å². The van der Waals surface area contributed by atoms with Gasteiger partial charge in [0.25, 0.3) is 0 Å². The van der Waals surface area contributed by atoms with E-state index in [9.17, 15) is 9.90 Å². The summed E-state index contributed by atoms with van der Waals surface area (Å²) < 4.78 is 0. The SMILES string of the molecule is O=C(CCC1CCCCC1)NCCC(O)c1cccs1. The van der Waals surface area contributed by atoms with Crippen molar-refractivity contribution >= 4 is 17.2 Å². The largest absolute Gasteiger partial charge is 0.388 e. The number of hydrogen-bond acceptors (Lipinski definition) is 3. The lowest BCUT2D eigenvalue weighted by atomic mass is 9.86. The Bertz CT molecular complexity index is 385. The van der Waals surface area contributed by atoms with Gasteiger partial charge >= 0.3 is 0 Å². The molecule has 0 aromatic carbocycles. The molecular weight excluding hydrogens is 270 g/mol. The molecule has 1 atom stereocenters. The number of aliphatic hydroxyl groups excluding tert-OH is 1. The molecule has 0 saturated heterocycles. The lowest BCUT2D eigenvalue weighted by molar-refractivity contribution is -0.121. The van der Waals surface area contributed by atoms with Crippen LogP contribution in [0.4, 0.5) is 0 Å². The molecule has 0 spiro atoms. The van der Waals surface area contributed by atoms with Gasteiger partial charge in [-0.05, 0) is 30.2 Å². The maximum absolute atomic E-state index is 11.8. The maximum Gasteiger partial charge on any atom is 0.220 e. The molecule has 1 aliphatic rings. The zero-order chi connectivity index (χ0) is 14.2. The van der Waals surface area contributed by atoms with Crippen LogP contribution in [0.25, 0.3) is 0 Å². The van der Waals surface area contributed by atoms with Crippen LogP contribution in [-0.4, -0.2) is 17.6 Å². The maximum atomic E-state index is 11.8. The van der Waals surface area contributed by atoms with E-state index in [2.05, 4.69) is 5.32 Å². The standard InChI is InChI=1S/C16H25NO2S/c18-14(15-7-4-12-20-15)10-11-17-16(19)9-8-13-5-2-1-3-6-13/h4,7,12-14,18H,1-3,5-6,8-11H2,(H,17,19). The zero-order valence-electron chi connectivity index (χ0n) is 12.0. The molecule has 1 heterocycles. The number of rotatable bonds is 7. The molecule has 1 fully saturated rings. The Morgan fingerprint density at radius 3 is 2.90 bits per heavy atom. The second-order valence-corrected chi connectivity index (χ2v) is 6.69. The van der Waals surface area contributed by atoms with Gasteiger partial charge in [-0.15, -0.1) is 11.3 Å². The molecule has 1 saturated carbocycles. The predicted octanol–water partition coefficient (Wildman–Crippen LogP) is 3.65. The predicted molar refractivity (Wildman–Crippen MR) is 82.7 cm³/mol. The van der Waals surface area contributed by atoms with Gasteiger partial charge in [-0.2, -0.15) is 0 Å². The lowest BCUT2D eigenvalue weighted by Crippen LogP contribution is -2.26. The highest BCUT2D eigenvalue weighted by Crippen LogP contribution is 2.27. The Kier molecular flexibility index (Phi) is 6.54. The Morgan fingerprint density at radius 1 is 1.40 bits per heavy atom. The van der Waals surface area contributed by atoms with Crippen LogP contribution in [0.2, 0.25) is 0 Å². The third kappa shape index (κ3) is 5.25. The third-order valence-corrected chi connectivity index (χ3v) is 5.09. The molecule has 4 heteroatoms. The van der Waals surface area contributed by atoms with Crippen LogP contribution in [0.1, 0.15) is 62.3 Å². The first-order valence-corrected chi connectivity index (χ1v) is 8.62. The van der Waals surface area contributed by atoms with E-state index in [0.717, 1.165) is 17.2 Å². The second-order valence-electron chi connectivity index (χ2n) is 5.71. The van der Waals surface area contributed by atoms with Crippen molar-refractivity contribution in [3.8, 4) is 0 Å². The van der Waals surface area contributed by atoms with Crippen LogP contribution in [-0.2, 0) is 4.79 Å². The van der Waals surface area contributed by atoms with Crippen molar-refractivity contribution in [3.05, 3.63) is 22.4 Å². The average Bonchev–Trinajstić information content (AvgIpc) is 3.00. The van der Waals surface area contributed by atoms with Gasteiger partial charge in [0.05, 0.1) is 6.10 Å². The molecule has 0 bridgehead atoms. The van der Waals surface area contributed by atoms with Crippen LogP contribution >= 0.6 is 11.3 Å². The molecule has 20 heavy (non-hydrogen) atoms. The first kappa shape index (κ1) is 15.5. The summed E-state index contributed by atoms with van der Waals surface area (Å²) in [5.41, 5.74) is 0. The van der Waals surface area contributed by atoms with Gasteiger partial charge in [-0.25, -0.2) is 0 Å². The van der Waals surface area contributed by atoms with E-state index in [1.165, 1.54) is 32.1 Å². The molecule has 1 aromatic rings.